The van der Waals surface area contributed by atoms with Gasteiger partial charge in [0.25, 0.3) is 0 Å². The third-order valence-electron chi connectivity index (χ3n) is 4.53. The lowest BCUT2D eigenvalue weighted by Gasteiger charge is -2.32. The summed E-state index contributed by atoms with van der Waals surface area (Å²) in [5.74, 6) is 0.133. The molecule has 0 radical (unpaired) electrons. The van der Waals surface area contributed by atoms with Gasteiger partial charge in [0, 0.05) is 23.9 Å². The van der Waals surface area contributed by atoms with Gasteiger partial charge < -0.3 is 5.32 Å². The van der Waals surface area contributed by atoms with Gasteiger partial charge in [0.15, 0.2) is 0 Å². The topological polar surface area (TPSA) is 24.9 Å². The van der Waals surface area contributed by atoms with Crippen molar-refractivity contribution in [3.05, 3.63) is 64.7 Å². The van der Waals surface area contributed by atoms with E-state index >= 15 is 0 Å². The lowest BCUT2D eigenvalue weighted by Crippen LogP contribution is -2.28. The van der Waals surface area contributed by atoms with Gasteiger partial charge in [-0.3, -0.25) is 4.98 Å². The largest absolute Gasteiger partial charge is 0.312 e. The minimum absolute atomic E-state index is 0.106. The van der Waals surface area contributed by atoms with E-state index in [1.165, 1.54) is 17.3 Å². The molecule has 0 amide bonds. The first-order valence-corrected chi connectivity index (χ1v) is 7.58. The Kier molecular flexibility index (Phi) is 4.02. The number of likely N-dealkylation sites (N-methyl/N-ethyl adjacent to an activating group) is 1. The number of aryl methyl sites for hydroxylation is 2. The van der Waals surface area contributed by atoms with E-state index < -0.39 is 0 Å². The summed E-state index contributed by atoms with van der Waals surface area (Å²) in [6.45, 7) is 2.04. The SMILES string of the molecule is CNC(c1cc(F)ccc1C)C1CCCc2cccnc21. The Morgan fingerprint density at radius 3 is 3.00 bits per heavy atom. The lowest BCUT2D eigenvalue weighted by molar-refractivity contribution is 0.413. The molecule has 1 aromatic heterocycles. The number of pyridine rings is 1. The van der Waals surface area contributed by atoms with Crippen LogP contribution in [-0.2, 0) is 6.42 Å². The van der Waals surface area contributed by atoms with Gasteiger partial charge in [-0.15, -0.1) is 0 Å². The van der Waals surface area contributed by atoms with Crippen LogP contribution in [0.15, 0.2) is 36.5 Å². The fourth-order valence-electron chi connectivity index (χ4n) is 3.49. The van der Waals surface area contributed by atoms with Crippen molar-refractivity contribution in [1.29, 1.82) is 0 Å². The lowest BCUT2D eigenvalue weighted by atomic mass is 9.79. The van der Waals surface area contributed by atoms with E-state index in [1.54, 1.807) is 6.07 Å². The molecule has 2 atom stereocenters. The summed E-state index contributed by atoms with van der Waals surface area (Å²) in [6, 6.07) is 9.32. The molecule has 1 aromatic carbocycles. The van der Waals surface area contributed by atoms with Crippen LogP contribution >= 0.6 is 0 Å². The first-order chi connectivity index (χ1) is 10.2. The van der Waals surface area contributed by atoms with Crippen LogP contribution in [0, 0.1) is 12.7 Å². The highest BCUT2D eigenvalue weighted by Crippen LogP contribution is 2.39. The Hall–Kier alpha value is -1.74. The number of aromatic nitrogens is 1. The highest BCUT2D eigenvalue weighted by molar-refractivity contribution is 5.35. The summed E-state index contributed by atoms with van der Waals surface area (Å²) in [4.78, 5) is 4.61. The molecule has 3 heteroatoms. The van der Waals surface area contributed by atoms with Crippen molar-refractivity contribution < 1.29 is 4.39 Å². The van der Waals surface area contributed by atoms with Gasteiger partial charge in [-0.05, 0) is 68.1 Å². The Bertz CT molecular complexity index is 639. The van der Waals surface area contributed by atoms with Crippen LogP contribution < -0.4 is 5.32 Å². The smallest absolute Gasteiger partial charge is 0.123 e. The molecule has 110 valence electrons. The third kappa shape index (κ3) is 2.70. The fraction of sp³-hybridized carbons (Fsp3) is 0.389. The van der Waals surface area contributed by atoms with Gasteiger partial charge in [-0.1, -0.05) is 12.1 Å². The highest BCUT2D eigenvalue weighted by atomic mass is 19.1. The van der Waals surface area contributed by atoms with Crippen LogP contribution in [0.25, 0.3) is 0 Å². The van der Waals surface area contributed by atoms with E-state index in [-0.39, 0.29) is 11.9 Å². The number of hydrogen-bond acceptors (Lipinski definition) is 2. The molecule has 0 spiro atoms. The Labute approximate surface area is 125 Å². The quantitative estimate of drug-likeness (QED) is 0.924. The van der Waals surface area contributed by atoms with E-state index in [9.17, 15) is 4.39 Å². The molecule has 1 N–H and O–H groups in total. The molecule has 0 bridgehead atoms. The van der Waals surface area contributed by atoms with Crippen LogP contribution in [-0.4, -0.2) is 12.0 Å². The molecular formula is C18H21FN2. The molecule has 2 nitrogen and oxygen atoms in total. The number of rotatable bonds is 3. The molecule has 1 heterocycles. The molecule has 0 aliphatic heterocycles. The van der Waals surface area contributed by atoms with Gasteiger partial charge in [-0.25, -0.2) is 4.39 Å². The number of benzene rings is 1. The van der Waals surface area contributed by atoms with Gasteiger partial charge in [0.05, 0.1) is 0 Å². The van der Waals surface area contributed by atoms with Crippen LogP contribution in [0.4, 0.5) is 4.39 Å². The molecular weight excluding hydrogens is 263 g/mol. The van der Waals surface area contributed by atoms with Gasteiger partial charge in [0.2, 0.25) is 0 Å². The maximum Gasteiger partial charge on any atom is 0.123 e. The van der Waals surface area contributed by atoms with Gasteiger partial charge >= 0.3 is 0 Å². The van der Waals surface area contributed by atoms with Crippen LogP contribution in [0.5, 0.6) is 0 Å². The van der Waals surface area contributed by atoms with Crippen LogP contribution in [0.1, 0.15) is 47.2 Å². The van der Waals surface area contributed by atoms with Crippen molar-refractivity contribution in [3.63, 3.8) is 0 Å². The summed E-state index contributed by atoms with van der Waals surface area (Å²) in [6.07, 6.45) is 5.21. The minimum atomic E-state index is -0.173. The molecule has 1 aliphatic rings. The standard InChI is InChI=1S/C18H21FN2/c1-12-8-9-14(19)11-16(12)18(20-2)15-7-3-5-13-6-4-10-21-17(13)15/h4,6,8-11,15,18,20H,3,5,7H2,1-2H3. The average Bonchev–Trinajstić information content (AvgIpc) is 2.51. The van der Waals surface area contributed by atoms with Gasteiger partial charge in [0.1, 0.15) is 5.82 Å². The van der Waals surface area contributed by atoms with E-state index in [2.05, 4.69) is 16.4 Å². The Balaban J connectivity index is 2.03. The second kappa shape index (κ2) is 5.94. The van der Waals surface area contributed by atoms with Gasteiger partial charge in [-0.2, -0.15) is 0 Å². The summed E-state index contributed by atoms with van der Waals surface area (Å²) in [7, 11) is 1.95. The summed E-state index contributed by atoms with van der Waals surface area (Å²) in [5.41, 5.74) is 4.68. The minimum Gasteiger partial charge on any atom is -0.312 e. The molecule has 3 rings (SSSR count). The zero-order valence-corrected chi connectivity index (χ0v) is 12.6. The molecule has 2 unspecified atom stereocenters. The predicted octanol–water partition coefficient (Wildman–Crippen LogP) is 3.91. The van der Waals surface area contributed by atoms with Crippen molar-refractivity contribution >= 4 is 0 Å². The van der Waals surface area contributed by atoms with Crippen molar-refractivity contribution in [3.8, 4) is 0 Å². The predicted molar refractivity (Wildman–Crippen MR) is 82.9 cm³/mol. The monoisotopic (exact) mass is 284 g/mol. The molecule has 0 saturated heterocycles. The highest BCUT2D eigenvalue weighted by Gasteiger charge is 2.30. The maximum atomic E-state index is 13.7. The summed E-state index contributed by atoms with van der Waals surface area (Å²) >= 11 is 0. The normalized spacial score (nSPS) is 19.1. The number of nitrogens with one attached hydrogen (secondary N) is 1. The zero-order valence-electron chi connectivity index (χ0n) is 12.6. The maximum absolute atomic E-state index is 13.7. The van der Waals surface area contributed by atoms with Crippen LogP contribution in [0.3, 0.4) is 0 Å². The molecule has 21 heavy (non-hydrogen) atoms. The Morgan fingerprint density at radius 1 is 1.33 bits per heavy atom. The first kappa shape index (κ1) is 14.2. The molecule has 2 aromatic rings. The molecule has 0 saturated carbocycles. The molecule has 0 fully saturated rings. The number of fused-ring (bicyclic) bond motifs is 1. The number of nitrogens with zero attached hydrogens (tertiary/aromatic N) is 1. The second-order valence-electron chi connectivity index (χ2n) is 5.81. The molecule has 1 aliphatic carbocycles. The number of hydrogen-bond donors (Lipinski definition) is 1. The number of halogens is 1. The van der Waals surface area contributed by atoms with E-state index in [1.807, 2.05) is 32.3 Å². The van der Waals surface area contributed by atoms with Crippen molar-refractivity contribution in [1.82, 2.24) is 10.3 Å². The summed E-state index contributed by atoms with van der Waals surface area (Å²) in [5, 5.41) is 3.39. The van der Waals surface area contributed by atoms with Crippen LogP contribution in [0.2, 0.25) is 0 Å². The van der Waals surface area contributed by atoms with E-state index in [0.29, 0.717) is 5.92 Å². The van der Waals surface area contributed by atoms with Crippen molar-refractivity contribution in [2.45, 2.75) is 38.1 Å². The van der Waals surface area contributed by atoms with Crippen molar-refractivity contribution in [2.24, 2.45) is 0 Å². The third-order valence-corrected chi connectivity index (χ3v) is 4.53. The van der Waals surface area contributed by atoms with E-state index in [0.717, 1.165) is 30.4 Å². The van der Waals surface area contributed by atoms with Crippen molar-refractivity contribution in [2.75, 3.05) is 7.05 Å². The second-order valence-corrected chi connectivity index (χ2v) is 5.81. The fourth-order valence-corrected chi connectivity index (χ4v) is 3.49. The summed E-state index contributed by atoms with van der Waals surface area (Å²) < 4.78 is 13.7. The average molecular weight is 284 g/mol. The van der Waals surface area contributed by atoms with E-state index in [4.69, 9.17) is 0 Å². The zero-order chi connectivity index (χ0) is 14.8. The Morgan fingerprint density at radius 2 is 2.19 bits per heavy atom. The first-order valence-electron chi connectivity index (χ1n) is 7.58.